The first kappa shape index (κ1) is 14.5. The van der Waals surface area contributed by atoms with Gasteiger partial charge in [0.2, 0.25) is 0 Å². The summed E-state index contributed by atoms with van der Waals surface area (Å²) in [6, 6.07) is 0.292. The molecule has 0 aliphatic carbocycles. The Bertz CT molecular complexity index is 377. The van der Waals surface area contributed by atoms with Crippen LogP contribution in [0.4, 0.5) is 0 Å². The lowest BCUT2D eigenvalue weighted by atomic mass is 9.96. The van der Waals surface area contributed by atoms with Crippen molar-refractivity contribution in [2.24, 2.45) is 11.7 Å². The molecular formula is C14H26N4O. The van der Waals surface area contributed by atoms with Crippen molar-refractivity contribution in [2.75, 3.05) is 33.4 Å². The number of nitrogens with two attached hydrogens (primary N) is 1. The van der Waals surface area contributed by atoms with Gasteiger partial charge >= 0.3 is 0 Å². The van der Waals surface area contributed by atoms with Crippen LogP contribution in [0.3, 0.4) is 0 Å². The zero-order chi connectivity index (χ0) is 13.7. The number of aromatic nitrogens is 2. The van der Waals surface area contributed by atoms with Gasteiger partial charge in [-0.25, -0.2) is 0 Å². The van der Waals surface area contributed by atoms with Crippen molar-refractivity contribution in [3.8, 4) is 0 Å². The molecule has 1 saturated heterocycles. The Morgan fingerprint density at radius 1 is 1.58 bits per heavy atom. The molecule has 5 nitrogen and oxygen atoms in total. The lowest BCUT2D eigenvalue weighted by molar-refractivity contribution is 0.0697. The molecule has 1 aliphatic heterocycles. The second kappa shape index (κ2) is 7.03. The van der Waals surface area contributed by atoms with Crippen molar-refractivity contribution in [1.29, 1.82) is 0 Å². The molecule has 1 aromatic heterocycles. The van der Waals surface area contributed by atoms with E-state index in [1.165, 1.54) is 18.4 Å². The van der Waals surface area contributed by atoms with Crippen LogP contribution in [-0.4, -0.2) is 48.0 Å². The van der Waals surface area contributed by atoms with E-state index in [1.807, 2.05) is 10.9 Å². The molecule has 2 rings (SSSR count). The van der Waals surface area contributed by atoms with Gasteiger partial charge in [-0.3, -0.25) is 9.58 Å². The molecule has 5 heteroatoms. The zero-order valence-electron chi connectivity index (χ0n) is 12.1. The molecule has 1 aromatic rings. The smallest absolute Gasteiger partial charge is 0.0538 e. The maximum absolute atomic E-state index is 6.00. The molecule has 0 amide bonds. The minimum Gasteiger partial charge on any atom is -0.384 e. The van der Waals surface area contributed by atoms with Crippen molar-refractivity contribution >= 4 is 0 Å². The minimum absolute atomic E-state index is 0.292. The molecule has 2 N–H and O–H groups in total. The Morgan fingerprint density at radius 3 is 3.05 bits per heavy atom. The summed E-state index contributed by atoms with van der Waals surface area (Å²) in [7, 11) is 1.78. The summed E-state index contributed by atoms with van der Waals surface area (Å²) in [5, 5.41) is 4.36. The molecule has 0 aromatic carbocycles. The third-order valence-electron chi connectivity index (χ3n) is 3.98. The van der Waals surface area contributed by atoms with E-state index in [1.54, 1.807) is 7.11 Å². The number of hydrogen-bond acceptors (Lipinski definition) is 4. The lowest BCUT2D eigenvalue weighted by Crippen LogP contribution is -2.42. The van der Waals surface area contributed by atoms with Gasteiger partial charge in [0.1, 0.15) is 0 Å². The van der Waals surface area contributed by atoms with Gasteiger partial charge in [0.25, 0.3) is 0 Å². The van der Waals surface area contributed by atoms with Crippen LogP contribution in [0.25, 0.3) is 0 Å². The average molecular weight is 266 g/mol. The molecule has 2 heterocycles. The highest BCUT2D eigenvalue weighted by molar-refractivity contribution is 5.11. The number of aryl methyl sites for hydroxylation is 1. The summed E-state index contributed by atoms with van der Waals surface area (Å²) < 4.78 is 7.26. The Balaban J connectivity index is 2.03. The van der Waals surface area contributed by atoms with E-state index in [2.05, 4.69) is 23.1 Å². The molecule has 19 heavy (non-hydrogen) atoms. The summed E-state index contributed by atoms with van der Waals surface area (Å²) in [5.41, 5.74) is 7.23. The van der Waals surface area contributed by atoms with Gasteiger partial charge in [0.05, 0.1) is 18.8 Å². The van der Waals surface area contributed by atoms with Crippen LogP contribution in [-0.2, 0) is 11.3 Å². The van der Waals surface area contributed by atoms with Crippen LogP contribution in [0.1, 0.15) is 31.4 Å². The van der Waals surface area contributed by atoms with Gasteiger partial charge in [-0.05, 0) is 32.2 Å². The van der Waals surface area contributed by atoms with Crippen LogP contribution in [0, 0.1) is 5.92 Å². The predicted octanol–water partition coefficient (Wildman–Crippen LogP) is 1.26. The van der Waals surface area contributed by atoms with E-state index in [4.69, 9.17) is 10.5 Å². The predicted molar refractivity (Wildman–Crippen MR) is 75.9 cm³/mol. The van der Waals surface area contributed by atoms with Gasteiger partial charge in [-0.1, -0.05) is 0 Å². The van der Waals surface area contributed by atoms with Crippen LogP contribution >= 0.6 is 0 Å². The molecule has 0 saturated carbocycles. The van der Waals surface area contributed by atoms with Crippen molar-refractivity contribution < 1.29 is 4.74 Å². The standard InChI is InChI=1S/C14H26N4O/c1-3-18-10-13(8-16-18)14(7-15)17-6-4-5-12(9-17)11-19-2/h8,10,12,14H,3-7,9,11,15H2,1-2H3. The Labute approximate surface area is 115 Å². The quantitative estimate of drug-likeness (QED) is 0.842. The van der Waals surface area contributed by atoms with Gasteiger partial charge in [-0.2, -0.15) is 5.10 Å². The first-order valence-electron chi connectivity index (χ1n) is 7.23. The van der Waals surface area contributed by atoms with Crippen molar-refractivity contribution in [2.45, 2.75) is 32.4 Å². The van der Waals surface area contributed by atoms with Crippen molar-refractivity contribution in [1.82, 2.24) is 14.7 Å². The summed E-state index contributed by atoms with van der Waals surface area (Å²) in [6.45, 7) is 6.71. The number of ether oxygens (including phenoxy) is 1. The van der Waals surface area contributed by atoms with Crippen molar-refractivity contribution in [3.05, 3.63) is 18.0 Å². The highest BCUT2D eigenvalue weighted by atomic mass is 16.5. The Kier molecular flexibility index (Phi) is 5.36. The van der Waals surface area contributed by atoms with E-state index in [9.17, 15) is 0 Å². The average Bonchev–Trinajstić information content (AvgIpc) is 2.89. The Hall–Kier alpha value is -0.910. The zero-order valence-corrected chi connectivity index (χ0v) is 12.1. The molecule has 0 bridgehead atoms. The number of piperidine rings is 1. The molecule has 0 spiro atoms. The van der Waals surface area contributed by atoms with E-state index in [0.717, 1.165) is 26.2 Å². The first-order chi connectivity index (χ1) is 9.28. The van der Waals surface area contributed by atoms with Crippen LogP contribution in [0.2, 0.25) is 0 Å². The SMILES string of the molecule is CCn1cc(C(CN)N2CCCC(COC)C2)cn1. The fourth-order valence-corrected chi connectivity index (χ4v) is 2.97. The van der Waals surface area contributed by atoms with Gasteiger partial charge < -0.3 is 10.5 Å². The van der Waals surface area contributed by atoms with E-state index in [-0.39, 0.29) is 0 Å². The lowest BCUT2D eigenvalue weighted by Gasteiger charge is -2.37. The maximum atomic E-state index is 6.00. The fourth-order valence-electron chi connectivity index (χ4n) is 2.97. The van der Waals surface area contributed by atoms with Crippen LogP contribution < -0.4 is 5.73 Å². The number of nitrogens with zero attached hydrogens (tertiary/aromatic N) is 3. The number of methoxy groups -OCH3 is 1. The van der Waals surface area contributed by atoms with Gasteiger partial charge in [0, 0.05) is 38.5 Å². The normalized spacial score (nSPS) is 22.6. The topological polar surface area (TPSA) is 56.3 Å². The second-order valence-electron chi connectivity index (χ2n) is 5.34. The van der Waals surface area contributed by atoms with Crippen molar-refractivity contribution in [3.63, 3.8) is 0 Å². The minimum atomic E-state index is 0.292. The molecule has 1 aliphatic rings. The largest absolute Gasteiger partial charge is 0.384 e. The Morgan fingerprint density at radius 2 is 2.42 bits per heavy atom. The van der Waals surface area contributed by atoms with E-state index in [0.29, 0.717) is 18.5 Å². The van der Waals surface area contributed by atoms with Gasteiger partial charge in [0.15, 0.2) is 0 Å². The molecule has 1 fully saturated rings. The summed E-state index contributed by atoms with van der Waals surface area (Å²) >= 11 is 0. The van der Waals surface area contributed by atoms with E-state index >= 15 is 0 Å². The fraction of sp³-hybridized carbons (Fsp3) is 0.786. The third-order valence-corrected chi connectivity index (χ3v) is 3.98. The highest BCUT2D eigenvalue weighted by Gasteiger charge is 2.26. The van der Waals surface area contributed by atoms with E-state index < -0.39 is 0 Å². The molecular weight excluding hydrogens is 240 g/mol. The second-order valence-corrected chi connectivity index (χ2v) is 5.34. The maximum Gasteiger partial charge on any atom is 0.0538 e. The summed E-state index contributed by atoms with van der Waals surface area (Å²) in [5.74, 6) is 0.633. The van der Waals surface area contributed by atoms with Gasteiger partial charge in [-0.15, -0.1) is 0 Å². The third kappa shape index (κ3) is 3.55. The number of hydrogen-bond donors (Lipinski definition) is 1. The number of rotatable bonds is 6. The highest BCUT2D eigenvalue weighted by Crippen LogP contribution is 2.26. The van der Waals surface area contributed by atoms with Crippen LogP contribution in [0.15, 0.2) is 12.4 Å². The molecule has 2 atom stereocenters. The molecule has 0 radical (unpaired) electrons. The summed E-state index contributed by atoms with van der Waals surface area (Å²) in [6.07, 6.45) is 6.57. The summed E-state index contributed by atoms with van der Waals surface area (Å²) in [4.78, 5) is 2.49. The molecule has 2 unspecified atom stereocenters. The van der Waals surface area contributed by atoms with Crippen LogP contribution in [0.5, 0.6) is 0 Å². The first-order valence-corrected chi connectivity index (χ1v) is 7.23. The number of likely N-dealkylation sites (tertiary alicyclic amines) is 1. The molecule has 108 valence electrons. The monoisotopic (exact) mass is 266 g/mol.